The number of carbonyl (C=O) groups excluding carboxylic acids is 4. The van der Waals surface area contributed by atoms with Crippen LogP contribution in [0.4, 0.5) is 0 Å². The SMILES string of the molecule is CNNC(=O)CCOCCC(C)NC(=O)CCN1C(=O)CC(C)C1=O. The first kappa shape index (κ1) is 21.0. The molecular formula is C16H28N4O5. The van der Waals surface area contributed by atoms with E-state index in [1.165, 1.54) is 0 Å². The van der Waals surface area contributed by atoms with Crippen molar-refractivity contribution in [3.05, 3.63) is 0 Å². The van der Waals surface area contributed by atoms with Gasteiger partial charge in [-0.15, -0.1) is 0 Å². The monoisotopic (exact) mass is 356 g/mol. The van der Waals surface area contributed by atoms with Crippen molar-refractivity contribution in [2.45, 2.75) is 45.6 Å². The van der Waals surface area contributed by atoms with Crippen LogP contribution in [0.2, 0.25) is 0 Å². The van der Waals surface area contributed by atoms with Gasteiger partial charge in [0, 0.05) is 45.0 Å². The molecule has 0 aromatic carbocycles. The number of hydrogen-bond donors (Lipinski definition) is 3. The van der Waals surface area contributed by atoms with Crippen molar-refractivity contribution >= 4 is 23.6 Å². The molecule has 1 aliphatic rings. The number of hydrazine groups is 1. The molecule has 25 heavy (non-hydrogen) atoms. The van der Waals surface area contributed by atoms with Gasteiger partial charge in [0.25, 0.3) is 0 Å². The van der Waals surface area contributed by atoms with Gasteiger partial charge in [0.1, 0.15) is 0 Å². The summed E-state index contributed by atoms with van der Waals surface area (Å²) in [6.45, 7) is 4.42. The minimum Gasteiger partial charge on any atom is -0.381 e. The molecule has 9 heteroatoms. The summed E-state index contributed by atoms with van der Waals surface area (Å²) in [5.41, 5.74) is 4.98. The average molecular weight is 356 g/mol. The Kier molecular flexibility index (Phi) is 9.07. The molecule has 1 aliphatic heterocycles. The molecule has 142 valence electrons. The fourth-order valence-corrected chi connectivity index (χ4v) is 2.44. The van der Waals surface area contributed by atoms with E-state index in [1.807, 2.05) is 6.92 Å². The third-order valence-corrected chi connectivity index (χ3v) is 3.87. The molecule has 1 saturated heterocycles. The zero-order valence-electron chi connectivity index (χ0n) is 15.1. The second kappa shape index (κ2) is 10.8. The van der Waals surface area contributed by atoms with Crippen molar-refractivity contribution in [2.75, 3.05) is 26.8 Å². The van der Waals surface area contributed by atoms with E-state index in [-0.39, 0.29) is 61.4 Å². The van der Waals surface area contributed by atoms with E-state index in [4.69, 9.17) is 4.74 Å². The molecule has 1 heterocycles. The molecule has 4 amide bonds. The number of carbonyl (C=O) groups is 4. The van der Waals surface area contributed by atoms with Crippen molar-refractivity contribution in [3.63, 3.8) is 0 Å². The van der Waals surface area contributed by atoms with E-state index in [2.05, 4.69) is 16.2 Å². The summed E-state index contributed by atoms with van der Waals surface area (Å²) >= 11 is 0. The molecular weight excluding hydrogens is 328 g/mol. The third-order valence-electron chi connectivity index (χ3n) is 3.87. The molecule has 9 nitrogen and oxygen atoms in total. The Morgan fingerprint density at radius 1 is 1.24 bits per heavy atom. The quantitative estimate of drug-likeness (QED) is 0.257. The third kappa shape index (κ3) is 7.61. The molecule has 0 aliphatic carbocycles. The maximum absolute atomic E-state index is 11.9. The summed E-state index contributed by atoms with van der Waals surface area (Å²) in [5, 5.41) is 2.81. The zero-order valence-corrected chi connectivity index (χ0v) is 15.1. The lowest BCUT2D eigenvalue weighted by Gasteiger charge is -2.17. The average Bonchev–Trinajstić information content (AvgIpc) is 2.78. The number of nitrogens with zero attached hydrogens (tertiary/aromatic N) is 1. The summed E-state index contributed by atoms with van der Waals surface area (Å²) < 4.78 is 5.35. The Morgan fingerprint density at radius 2 is 1.96 bits per heavy atom. The minimum atomic E-state index is -0.290. The Hall–Kier alpha value is -2.00. The van der Waals surface area contributed by atoms with E-state index in [0.29, 0.717) is 19.6 Å². The first-order valence-corrected chi connectivity index (χ1v) is 8.52. The number of imide groups is 1. The number of rotatable bonds is 11. The first-order chi connectivity index (χ1) is 11.8. The van der Waals surface area contributed by atoms with Crippen LogP contribution in [0, 0.1) is 5.92 Å². The lowest BCUT2D eigenvalue weighted by molar-refractivity contribution is -0.139. The van der Waals surface area contributed by atoms with Gasteiger partial charge in [-0.2, -0.15) is 0 Å². The van der Waals surface area contributed by atoms with Crippen LogP contribution in [-0.2, 0) is 23.9 Å². The predicted octanol–water partition coefficient (Wildman–Crippen LogP) is -0.676. The zero-order chi connectivity index (χ0) is 18.8. The van der Waals surface area contributed by atoms with Crippen LogP contribution in [0.25, 0.3) is 0 Å². The molecule has 1 fully saturated rings. The van der Waals surface area contributed by atoms with Gasteiger partial charge in [-0.1, -0.05) is 6.92 Å². The number of amides is 4. The summed E-state index contributed by atoms with van der Waals surface area (Å²) in [7, 11) is 1.61. The largest absolute Gasteiger partial charge is 0.381 e. The maximum atomic E-state index is 11.9. The van der Waals surface area contributed by atoms with Crippen molar-refractivity contribution in [2.24, 2.45) is 5.92 Å². The molecule has 0 spiro atoms. The van der Waals surface area contributed by atoms with Crippen LogP contribution in [0.5, 0.6) is 0 Å². The Bertz CT molecular complexity index is 497. The van der Waals surface area contributed by atoms with Gasteiger partial charge < -0.3 is 10.1 Å². The van der Waals surface area contributed by atoms with E-state index in [1.54, 1.807) is 14.0 Å². The Balaban J connectivity index is 2.12. The van der Waals surface area contributed by atoms with Gasteiger partial charge in [0.2, 0.25) is 23.6 Å². The van der Waals surface area contributed by atoms with Crippen molar-refractivity contribution in [1.82, 2.24) is 21.1 Å². The van der Waals surface area contributed by atoms with Crippen molar-refractivity contribution in [1.29, 1.82) is 0 Å². The van der Waals surface area contributed by atoms with Gasteiger partial charge in [0.15, 0.2) is 0 Å². The number of likely N-dealkylation sites (tertiary alicyclic amines) is 1. The van der Waals surface area contributed by atoms with Gasteiger partial charge in [-0.3, -0.25) is 29.5 Å². The van der Waals surface area contributed by atoms with Crippen LogP contribution >= 0.6 is 0 Å². The van der Waals surface area contributed by atoms with Crippen LogP contribution < -0.4 is 16.2 Å². The van der Waals surface area contributed by atoms with Crippen LogP contribution in [0.3, 0.4) is 0 Å². The molecule has 0 aromatic heterocycles. The lowest BCUT2D eigenvalue weighted by Crippen LogP contribution is -2.38. The minimum absolute atomic E-state index is 0.0949. The van der Waals surface area contributed by atoms with Crippen molar-refractivity contribution < 1.29 is 23.9 Å². The molecule has 0 saturated carbocycles. The second-order valence-electron chi connectivity index (χ2n) is 6.16. The summed E-state index contributed by atoms with van der Waals surface area (Å²) in [6.07, 6.45) is 1.19. The summed E-state index contributed by atoms with van der Waals surface area (Å²) in [5.74, 6) is -1.07. The highest BCUT2D eigenvalue weighted by Crippen LogP contribution is 2.18. The standard InChI is InChI=1S/C16H28N4O5/c1-11-10-15(23)20(16(11)24)7-4-13(21)18-12(2)5-8-25-9-6-14(22)19-17-3/h11-12,17H,4-10H2,1-3H3,(H,18,21)(H,19,22). The van der Waals surface area contributed by atoms with Crippen LogP contribution in [0.15, 0.2) is 0 Å². The number of ether oxygens (including phenoxy) is 1. The number of hydrogen-bond acceptors (Lipinski definition) is 6. The molecule has 0 radical (unpaired) electrons. The van der Waals surface area contributed by atoms with Crippen LogP contribution in [-0.4, -0.2) is 61.4 Å². The van der Waals surface area contributed by atoms with Gasteiger partial charge >= 0.3 is 0 Å². The highest BCUT2D eigenvalue weighted by molar-refractivity contribution is 6.03. The Morgan fingerprint density at radius 3 is 2.56 bits per heavy atom. The van der Waals surface area contributed by atoms with E-state index >= 15 is 0 Å². The first-order valence-electron chi connectivity index (χ1n) is 8.52. The van der Waals surface area contributed by atoms with E-state index in [0.717, 1.165) is 4.90 Å². The van der Waals surface area contributed by atoms with Gasteiger partial charge in [-0.25, -0.2) is 5.43 Å². The summed E-state index contributed by atoms with van der Waals surface area (Å²) in [6, 6.07) is -0.0949. The molecule has 0 aromatic rings. The molecule has 2 unspecified atom stereocenters. The van der Waals surface area contributed by atoms with E-state index < -0.39 is 0 Å². The Labute approximate surface area is 147 Å². The highest BCUT2D eigenvalue weighted by Gasteiger charge is 2.35. The summed E-state index contributed by atoms with van der Waals surface area (Å²) in [4.78, 5) is 47.6. The fourth-order valence-electron chi connectivity index (χ4n) is 2.44. The van der Waals surface area contributed by atoms with Gasteiger partial charge in [0.05, 0.1) is 13.0 Å². The van der Waals surface area contributed by atoms with Gasteiger partial charge in [-0.05, 0) is 13.3 Å². The smallest absolute Gasteiger partial charge is 0.236 e. The molecule has 0 bridgehead atoms. The molecule has 2 atom stereocenters. The second-order valence-corrected chi connectivity index (χ2v) is 6.16. The molecule has 3 N–H and O–H groups in total. The predicted molar refractivity (Wildman–Crippen MR) is 90.0 cm³/mol. The number of nitrogens with one attached hydrogen (secondary N) is 3. The fraction of sp³-hybridized carbons (Fsp3) is 0.750. The van der Waals surface area contributed by atoms with E-state index in [9.17, 15) is 19.2 Å². The lowest BCUT2D eigenvalue weighted by atomic mass is 10.1. The van der Waals surface area contributed by atoms with Crippen LogP contribution in [0.1, 0.15) is 39.5 Å². The van der Waals surface area contributed by atoms with Crippen molar-refractivity contribution in [3.8, 4) is 0 Å². The topological polar surface area (TPSA) is 117 Å². The normalized spacial score (nSPS) is 18.4. The maximum Gasteiger partial charge on any atom is 0.236 e. The highest BCUT2D eigenvalue weighted by atomic mass is 16.5. The molecule has 1 rings (SSSR count).